The van der Waals surface area contributed by atoms with E-state index in [4.69, 9.17) is 0 Å². The highest BCUT2D eigenvalue weighted by atomic mass is 16.2. The SMILES string of the molecule is CCCCCCCCCCCCCCCCC/C=C/C(=O)n1nnc2ccccc21. The topological polar surface area (TPSA) is 47.8 Å². The molecule has 0 amide bonds. The van der Waals surface area contributed by atoms with E-state index in [1.54, 1.807) is 6.08 Å². The van der Waals surface area contributed by atoms with Crippen molar-refractivity contribution in [1.29, 1.82) is 0 Å². The van der Waals surface area contributed by atoms with Crippen molar-refractivity contribution in [2.24, 2.45) is 0 Å². The van der Waals surface area contributed by atoms with Crippen LogP contribution in [0.5, 0.6) is 0 Å². The minimum atomic E-state index is -0.121. The smallest absolute Gasteiger partial charge is 0.267 e. The largest absolute Gasteiger partial charge is 0.272 e. The van der Waals surface area contributed by atoms with Crippen LogP contribution in [0.3, 0.4) is 0 Å². The number of para-hydroxylation sites is 1. The van der Waals surface area contributed by atoms with Gasteiger partial charge in [-0.1, -0.05) is 120 Å². The summed E-state index contributed by atoms with van der Waals surface area (Å²) >= 11 is 0. The molecule has 0 N–H and O–H groups in total. The van der Waals surface area contributed by atoms with Crippen LogP contribution in [0.4, 0.5) is 0 Å². The van der Waals surface area contributed by atoms with Crippen molar-refractivity contribution in [3.63, 3.8) is 0 Å². The average molecular weight is 412 g/mol. The Morgan fingerprint density at radius 3 is 1.93 bits per heavy atom. The molecule has 0 atom stereocenters. The van der Waals surface area contributed by atoms with Crippen molar-refractivity contribution in [2.75, 3.05) is 0 Å². The fourth-order valence-corrected chi connectivity index (χ4v) is 3.92. The lowest BCUT2D eigenvalue weighted by atomic mass is 10.0. The third-order valence-corrected chi connectivity index (χ3v) is 5.80. The van der Waals surface area contributed by atoms with E-state index in [2.05, 4.69) is 17.2 Å². The van der Waals surface area contributed by atoms with Crippen LogP contribution in [0.25, 0.3) is 11.0 Å². The van der Waals surface area contributed by atoms with E-state index < -0.39 is 0 Å². The molecule has 0 aliphatic rings. The summed E-state index contributed by atoms with van der Waals surface area (Å²) in [5.74, 6) is -0.121. The molecule has 2 rings (SSSR count). The molecule has 0 saturated carbocycles. The molecule has 1 aromatic heterocycles. The fraction of sp³-hybridized carbons (Fsp3) is 0.654. The second kappa shape index (κ2) is 15.8. The van der Waals surface area contributed by atoms with Crippen LogP contribution in [-0.2, 0) is 0 Å². The van der Waals surface area contributed by atoms with Gasteiger partial charge >= 0.3 is 0 Å². The predicted molar refractivity (Wildman–Crippen MR) is 127 cm³/mol. The van der Waals surface area contributed by atoms with Gasteiger partial charge in [-0.15, -0.1) is 5.10 Å². The number of fused-ring (bicyclic) bond motifs is 1. The zero-order valence-electron chi connectivity index (χ0n) is 19.0. The summed E-state index contributed by atoms with van der Waals surface area (Å²) in [6.45, 7) is 2.28. The number of carbonyl (C=O) groups excluding carboxylic acids is 1. The van der Waals surface area contributed by atoms with Crippen molar-refractivity contribution in [2.45, 2.75) is 110 Å². The van der Waals surface area contributed by atoms with Crippen LogP contribution in [0.1, 0.15) is 114 Å². The molecule has 4 nitrogen and oxygen atoms in total. The Morgan fingerprint density at radius 1 is 0.800 bits per heavy atom. The molecule has 2 aromatic rings. The number of aromatic nitrogens is 3. The molecule has 0 spiro atoms. The highest BCUT2D eigenvalue weighted by Gasteiger charge is 2.07. The number of benzene rings is 1. The maximum atomic E-state index is 12.3. The van der Waals surface area contributed by atoms with Gasteiger partial charge in [0.25, 0.3) is 5.91 Å². The van der Waals surface area contributed by atoms with Crippen LogP contribution in [0.2, 0.25) is 0 Å². The first-order valence-corrected chi connectivity index (χ1v) is 12.3. The summed E-state index contributed by atoms with van der Waals surface area (Å²) in [6, 6.07) is 7.54. The maximum absolute atomic E-state index is 12.3. The highest BCUT2D eigenvalue weighted by molar-refractivity contribution is 5.95. The Kier molecular flexibility index (Phi) is 12.8. The van der Waals surface area contributed by atoms with Crippen LogP contribution in [0.15, 0.2) is 36.4 Å². The van der Waals surface area contributed by atoms with Gasteiger partial charge in [-0.05, 0) is 25.0 Å². The summed E-state index contributed by atoms with van der Waals surface area (Å²) in [6.07, 6.45) is 25.2. The van der Waals surface area contributed by atoms with Gasteiger partial charge in [0.2, 0.25) is 0 Å². The molecule has 1 heterocycles. The number of allylic oxidation sites excluding steroid dienone is 2. The number of unbranched alkanes of at least 4 members (excludes halogenated alkanes) is 15. The highest BCUT2D eigenvalue weighted by Crippen LogP contribution is 2.14. The molecule has 0 aliphatic heterocycles. The zero-order chi connectivity index (χ0) is 21.3. The van der Waals surface area contributed by atoms with Crippen LogP contribution >= 0.6 is 0 Å². The molecule has 0 unspecified atom stereocenters. The molecule has 0 saturated heterocycles. The van der Waals surface area contributed by atoms with Crippen molar-refractivity contribution < 1.29 is 4.79 Å². The van der Waals surface area contributed by atoms with Gasteiger partial charge in [0.1, 0.15) is 5.52 Å². The zero-order valence-corrected chi connectivity index (χ0v) is 19.0. The van der Waals surface area contributed by atoms with E-state index in [-0.39, 0.29) is 5.91 Å². The minimum Gasteiger partial charge on any atom is -0.267 e. The van der Waals surface area contributed by atoms with Gasteiger partial charge in [-0.25, -0.2) is 0 Å². The molecular formula is C26H41N3O. The first kappa shape index (κ1) is 24.3. The normalized spacial score (nSPS) is 11.6. The van der Waals surface area contributed by atoms with Gasteiger partial charge in [0, 0.05) is 6.08 Å². The Labute approximate surface area is 183 Å². The lowest BCUT2D eigenvalue weighted by Gasteiger charge is -2.03. The number of nitrogens with zero attached hydrogens (tertiary/aromatic N) is 3. The summed E-state index contributed by atoms with van der Waals surface area (Å²) in [7, 11) is 0. The van der Waals surface area contributed by atoms with Gasteiger partial charge in [-0.3, -0.25) is 4.79 Å². The molecule has 166 valence electrons. The molecule has 1 aromatic carbocycles. The summed E-state index contributed by atoms with van der Waals surface area (Å²) < 4.78 is 1.37. The Bertz CT molecular complexity index is 735. The van der Waals surface area contributed by atoms with Crippen molar-refractivity contribution in [3.8, 4) is 0 Å². The first-order chi connectivity index (χ1) is 14.8. The number of hydrogen-bond acceptors (Lipinski definition) is 3. The molecule has 0 fully saturated rings. The monoisotopic (exact) mass is 411 g/mol. The molecule has 0 bridgehead atoms. The second-order valence-corrected chi connectivity index (χ2v) is 8.47. The Balaban J connectivity index is 1.39. The van der Waals surface area contributed by atoms with E-state index in [9.17, 15) is 4.79 Å². The number of hydrogen-bond donors (Lipinski definition) is 0. The van der Waals surface area contributed by atoms with Crippen molar-refractivity contribution in [1.82, 2.24) is 15.0 Å². The maximum Gasteiger partial charge on any atom is 0.272 e. The van der Waals surface area contributed by atoms with Gasteiger partial charge in [-0.2, -0.15) is 4.68 Å². The van der Waals surface area contributed by atoms with Crippen LogP contribution in [0, 0.1) is 0 Å². The number of rotatable bonds is 17. The fourth-order valence-electron chi connectivity index (χ4n) is 3.92. The van der Waals surface area contributed by atoms with E-state index in [0.29, 0.717) is 0 Å². The van der Waals surface area contributed by atoms with Crippen LogP contribution in [-0.4, -0.2) is 20.9 Å². The standard InChI is InChI=1S/C26H41N3O/c1-2-3-4-5-6-7-8-9-10-11-12-13-14-15-16-17-18-23-26(30)29-25-22-20-19-21-24(25)27-28-29/h18-23H,2-17H2,1H3/b23-18+. The average Bonchev–Trinajstić information content (AvgIpc) is 3.20. The lowest BCUT2D eigenvalue weighted by Crippen LogP contribution is -2.08. The molecule has 0 aliphatic carbocycles. The quantitative estimate of drug-likeness (QED) is 0.196. The summed E-state index contributed by atoms with van der Waals surface area (Å²) in [5.41, 5.74) is 1.51. The lowest BCUT2D eigenvalue weighted by molar-refractivity contribution is 0.0957. The van der Waals surface area contributed by atoms with Crippen molar-refractivity contribution in [3.05, 3.63) is 36.4 Å². The number of carbonyl (C=O) groups is 1. The van der Waals surface area contributed by atoms with E-state index in [1.807, 2.05) is 30.3 Å². The third kappa shape index (κ3) is 9.69. The predicted octanol–water partition coefficient (Wildman–Crippen LogP) is 7.89. The summed E-state index contributed by atoms with van der Waals surface area (Å²) in [4.78, 5) is 12.3. The van der Waals surface area contributed by atoms with Crippen molar-refractivity contribution >= 4 is 16.9 Å². The second-order valence-electron chi connectivity index (χ2n) is 8.47. The van der Waals surface area contributed by atoms with E-state index >= 15 is 0 Å². The molecule has 4 heteroatoms. The van der Waals surface area contributed by atoms with Gasteiger partial charge in [0.15, 0.2) is 0 Å². The minimum absolute atomic E-state index is 0.121. The van der Waals surface area contributed by atoms with Gasteiger partial charge in [0.05, 0.1) is 5.52 Å². The third-order valence-electron chi connectivity index (χ3n) is 5.80. The molecule has 0 radical (unpaired) electrons. The van der Waals surface area contributed by atoms with E-state index in [1.165, 1.54) is 94.6 Å². The van der Waals surface area contributed by atoms with Gasteiger partial charge < -0.3 is 0 Å². The first-order valence-electron chi connectivity index (χ1n) is 12.3. The Hall–Kier alpha value is -1.97. The molecular weight excluding hydrogens is 370 g/mol. The van der Waals surface area contributed by atoms with E-state index in [0.717, 1.165) is 23.9 Å². The molecule has 30 heavy (non-hydrogen) atoms. The van der Waals surface area contributed by atoms with Crippen LogP contribution < -0.4 is 0 Å². The summed E-state index contributed by atoms with van der Waals surface area (Å²) in [5, 5.41) is 7.98. The Morgan fingerprint density at radius 2 is 1.33 bits per heavy atom.